The highest BCUT2D eigenvalue weighted by molar-refractivity contribution is 5.39. The van der Waals surface area contributed by atoms with Crippen molar-refractivity contribution in [2.75, 3.05) is 6.61 Å². The van der Waals surface area contributed by atoms with Gasteiger partial charge in [0.05, 0.1) is 12.2 Å². The highest BCUT2D eigenvalue weighted by Crippen LogP contribution is 2.34. The first-order valence-corrected chi connectivity index (χ1v) is 4.40. The van der Waals surface area contributed by atoms with Gasteiger partial charge < -0.3 is 4.74 Å². The summed E-state index contributed by atoms with van der Waals surface area (Å²) in [7, 11) is 0. The zero-order chi connectivity index (χ0) is 10.2. The standard InChI is InChI=1S/C10H9F3O/c11-10(12,13)8-4-3-7-2-1-5-14-9(7)6-8/h3-4,6H,1-2,5H2. The van der Waals surface area contributed by atoms with Gasteiger partial charge in [-0.05, 0) is 30.5 Å². The van der Waals surface area contributed by atoms with Gasteiger partial charge in [0.2, 0.25) is 0 Å². The van der Waals surface area contributed by atoms with Crippen molar-refractivity contribution in [3.63, 3.8) is 0 Å². The average molecular weight is 202 g/mol. The van der Waals surface area contributed by atoms with Gasteiger partial charge in [-0.3, -0.25) is 0 Å². The molecule has 76 valence electrons. The van der Waals surface area contributed by atoms with Crippen molar-refractivity contribution in [1.29, 1.82) is 0 Å². The second-order valence-corrected chi connectivity index (χ2v) is 3.27. The van der Waals surface area contributed by atoms with E-state index in [0.29, 0.717) is 12.4 Å². The summed E-state index contributed by atoms with van der Waals surface area (Å²) in [4.78, 5) is 0. The number of rotatable bonds is 0. The topological polar surface area (TPSA) is 9.23 Å². The normalized spacial score (nSPS) is 15.9. The third-order valence-electron chi connectivity index (χ3n) is 2.24. The van der Waals surface area contributed by atoms with Crippen molar-refractivity contribution in [2.24, 2.45) is 0 Å². The minimum Gasteiger partial charge on any atom is -0.493 e. The molecule has 1 aromatic carbocycles. The SMILES string of the molecule is FC(F)(F)c1ccc2c(c1)OCCC2. The van der Waals surface area contributed by atoms with Crippen LogP contribution in [0.25, 0.3) is 0 Å². The van der Waals surface area contributed by atoms with Crippen molar-refractivity contribution in [3.8, 4) is 5.75 Å². The van der Waals surface area contributed by atoms with Gasteiger partial charge in [0, 0.05) is 0 Å². The van der Waals surface area contributed by atoms with Crippen LogP contribution in [0.5, 0.6) is 5.75 Å². The summed E-state index contributed by atoms with van der Waals surface area (Å²) in [6.07, 6.45) is -2.61. The lowest BCUT2D eigenvalue weighted by atomic mass is 10.0. The minimum absolute atomic E-state index is 0.381. The molecule has 0 atom stereocenters. The number of halogens is 3. The number of benzene rings is 1. The molecule has 1 nitrogen and oxygen atoms in total. The highest BCUT2D eigenvalue weighted by Gasteiger charge is 2.31. The van der Waals surface area contributed by atoms with Crippen molar-refractivity contribution in [2.45, 2.75) is 19.0 Å². The molecule has 0 N–H and O–H groups in total. The Bertz CT molecular complexity index is 344. The molecule has 2 rings (SSSR count). The summed E-state index contributed by atoms with van der Waals surface area (Å²) < 4.78 is 42.1. The van der Waals surface area contributed by atoms with Gasteiger partial charge in [0.25, 0.3) is 0 Å². The predicted molar refractivity (Wildman–Crippen MR) is 45.3 cm³/mol. The summed E-state index contributed by atoms with van der Waals surface area (Å²) >= 11 is 0. The average Bonchev–Trinajstić information content (AvgIpc) is 2.16. The van der Waals surface area contributed by atoms with Crippen LogP contribution in [0.2, 0.25) is 0 Å². The fraction of sp³-hybridized carbons (Fsp3) is 0.400. The number of hydrogen-bond donors (Lipinski definition) is 0. The molecule has 4 heteroatoms. The Balaban J connectivity index is 2.39. The van der Waals surface area contributed by atoms with E-state index in [2.05, 4.69) is 0 Å². The molecule has 0 unspecified atom stereocenters. The van der Waals surface area contributed by atoms with Crippen LogP contribution in [0.3, 0.4) is 0 Å². The molecule has 1 heterocycles. The van der Waals surface area contributed by atoms with Crippen molar-refractivity contribution < 1.29 is 17.9 Å². The van der Waals surface area contributed by atoms with E-state index in [1.807, 2.05) is 0 Å². The minimum atomic E-state index is -4.28. The van der Waals surface area contributed by atoms with E-state index in [1.54, 1.807) is 0 Å². The van der Waals surface area contributed by atoms with Crippen LogP contribution in [0.4, 0.5) is 13.2 Å². The first kappa shape index (κ1) is 9.37. The molecule has 0 saturated heterocycles. The Labute approximate surface area is 79.5 Å². The van der Waals surface area contributed by atoms with Crippen LogP contribution in [-0.2, 0) is 12.6 Å². The van der Waals surface area contributed by atoms with Gasteiger partial charge in [0.15, 0.2) is 0 Å². The zero-order valence-electron chi connectivity index (χ0n) is 7.40. The molecule has 1 aliphatic rings. The van der Waals surface area contributed by atoms with Crippen molar-refractivity contribution in [1.82, 2.24) is 0 Å². The number of aryl methyl sites for hydroxylation is 1. The second-order valence-electron chi connectivity index (χ2n) is 3.27. The summed E-state index contributed by atoms with van der Waals surface area (Å²) in [5.74, 6) is 0.381. The zero-order valence-corrected chi connectivity index (χ0v) is 7.40. The molecular formula is C10H9F3O. The smallest absolute Gasteiger partial charge is 0.416 e. The maximum atomic E-state index is 12.3. The van der Waals surface area contributed by atoms with Gasteiger partial charge in [-0.1, -0.05) is 6.07 Å². The van der Waals surface area contributed by atoms with Crippen molar-refractivity contribution in [3.05, 3.63) is 29.3 Å². The Morgan fingerprint density at radius 1 is 1.21 bits per heavy atom. The monoisotopic (exact) mass is 202 g/mol. The van der Waals surface area contributed by atoms with Crippen LogP contribution in [0, 0.1) is 0 Å². The molecule has 1 aliphatic heterocycles. The fourth-order valence-corrected chi connectivity index (χ4v) is 1.52. The first-order valence-electron chi connectivity index (χ1n) is 4.40. The predicted octanol–water partition coefficient (Wildman–Crippen LogP) is 3.03. The van der Waals surface area contributed by atoms with Crippen LogP contribution in [-0.4, -0.2) is 6.61 Å². The molecule has 0 spiro atoms. The van der Waals surface area contributed by atoms with E-state index in [-0.39, 0.29) is 0 Å². The second kappa shape index (κ2) is 3.19. The molecule has 14 heavy (non-hydrogen) atoms. The largest absolute Gasteiger partial charge is 0.493 e. The van der Waals surface area contributed by atoms with E-state index in [1.165, 1.54) is 6.07 Å². The molecule has 0 aliphatic carbocycles. The number of alkyl halides is 3. The molecule has 0 amide bonds. The van der Waals surface area contributed by atoms with E-state index in [0.717, 1.165) is 30.5 Å². The van der Waals surface area contributed by atoms with E-state index < -0.39 is 11.7 Å². The number of ether oxygens (including phenoxy) is 1. The molecule has 0 radical (unpaired) electrons. The lowest BCUT2D eigenvalue weighted by Gasteiger charge is -2.18. The Morgan fingerprint density at radius 3 is 2.71 bits per heavy atom. The lowest BCUT2D eigenvalue weighted by molar-refractivity contribution is -0.137. The third kappa shape index (κ3) is 1.69. The Hall–Kier alpha value is -1.19. The van der Waals surface area contributed by atoms with Gasteiger partial charge in [-0.2, -0.15) is 13.2 Å². The maximum Gasteiger partial charge on any atom is 0.416 e. The summed E-state index contributed by atoms with van der Waals surface area (Å²) in [5.41, 5.74) is 0.224. The summed E-state index contributed by atoms with van der Waals surface area (Å²) in [5, 5.41) is 0. The van der Waals surface area contributed by atoms with Gasteiger partial charge in [-0.15, -0.1) is 0 Å². The van der Waals surface area contributed by atoms with Gasteiger partial charge in [0.1, 0.15) is 5.75 Å². The number of fused-ring (bicyclic) bond motifs is 1. The molecule has 0 saturated carbocycles. The van der Waals surface area contributed by atoms with Crippen LogP contribution >= 0.6 is 0 Å². The Kier molecular flexibility index (Phi) is 2.13. The quantitative estimate of drug-likeness (QED) is 0.628. The molecule has 1 aromatic rings. The van der Waals surface area contributed by atoms with E-state index >= 15 is 0 Å². The first-order chi connectivity index (χ1) is 6.57. The third-order valence-corrected chi connectivity index (χ3v) is 2.24. The van der Waals surface area contributed by atoms with Crippen LogP contribution in [0.1, 0.15) is 17.5 Å². The highest BCUT2D eigenvalue weighted by atomic mass is 19.4. The summed E-state index contributed by atoms with van der Waals surface area (Å²) in [6, 6.07) is 3.68. The van der Waals surface area contributed by atoms with Gasteiger partial charge in [-0.25, -0.2) is 0 Å². The lowest BCUT2D eigenvalue weighted by Crippen LogP contribution is -2.11. The molecular weight excluding hydrogens is 193 g/mol. The van der Waals surface area contributed by atoms with Crippen molar-refractivity contribution >= 4 is 0 Å². The molecule has 0 fully saturated rings. The molecule has 0 bridgehead atoms. The van der Waals surface area contributed by atoms with Crippen LogP contribution < -0.4 is 4.74 Å². The van der Waals surface area contributed by atoms with E-state index in [9.17, 15) is 13.2 Å². The molecule has 0 aromatic heterocycles. The number of hydrogen-bond acceptors (Lipinski definition) is 1. The summed E-state index contributed by atoms with van der Waals surface area (Å²) in [6.45, 7) is 0.508. The van der Waals surface area contributed by atoms with E-state index in [4.69, 9.17) is 4.74 Å². The van der Waals surface area contributed by atoms with Gasteiger partial charge >= 0.3 is 6.18 Å². The van der Waals surface area contributed by atoms with Crippen LogP contribution in [0.15, 0.2) is 18.2 Å². The fourth-order valence-electron chi connectivity index (χ4n) is 1.52. The Morgan fingerprint density at radius 2 is 2.00 bits per heavy atom. The maximum absolute atomic E-state index is 12.3.